The molecule has 4 rings (SSSR count). The molecule has 1 amide bonds. The van der Waals surface area contributed by atoms with Gasteiger partial charge in [-0.2, -0.15) is 0 Å². The number of ether oxygens (including phenoxy) is 3. The van der Waals surface area contributed by atoms with E-state index < -0.39 is 12.0 Å². The number of nitrogens with zero attached hydrogens (tertiary/aromatic N) is 2. The van der Waals surface area contributed by atoms with Crippen LogP contribution in [0.5, 0.6) is 17.2 Å². The molecule has 0 spiro atoms. The molecule has 0 saturated heterocycles. The van der Waals surface area contributed by atoms with E-state index in [1.165, 1.54) is 0 Å². The van der Waals surface area contributed by atoms with Gasteiger partial charge in [0.2, 0.25) is 11.9 Å². The average Bonchev–Trinajstić information content (AvgIpc) is 3.16. The maximum atomic E-state index is 12.6. The Hall–Kier alpha value is -3.55. The normalized spacial score (nSPS) is 15.3. The molecule has 28 heavy (non-hydrogen) atoms. The summed E-state index contributed by atoms with van der Waals surface area (Å²) in [5.74, 6) is 1.69. The van der Waals surface area contributed by atoms with Gasteiger partial charge in [-0.15, -0.1) is 0 Å². The second kappa shape index (κ2) is 7.59. The zero-order valence-corrected chi connectivity index (χ0v) is 15.4. The smallest absolute Gasteiger partial charge is 0.270 e. The van der Waals surface area contributed by atoms with E-state index in [-0.39, 0.29) is 18.5 Å². The molecule has 1 aliphatic rings. The molecule has 2 heterocycles. The Bertz CT molecular complexity index is 968. The molecule has 1 N–H and O–H groups in total. The molecule has 0 saturated carbocycles. The molecule has 8 nitrogen and oxygen atoms in total. The second-order valence-electron chi connectivity index (χ2n) is 6.51. The minimum atomic E-state index is -0.804. The molecule has 1 atom stereocenters. The minimum absolute atomic E-state index is 0.0808. The monoisotopic (exact) mass is 381 g/mol. The predicted molar refractivity (Wildman–Crippen MR) is 100 cm³/mol. The third-order valence-electron chi connectivity index (χ3n) is 4.03. The molecule has 1 unspecified atom stereocenters. The van der Waals surface area contributed by atoms with E-state index in [2.05, 4.69) is 15.6 Å². The highest BCUT2D eigenvalue weighted by Crippen LogP contribution is 2.32. The van der Waals surface area contributed by atoms with E-state index in [1.54, 1.807) is 12.1 Å². The topological polar surface area (TPSA) is 95.7 Å². The van der Waals surface area contributed by atoms with Crippen LogP contribution in [0.25, 0.3) is 11.3 Å². The van der Waals surface area contributed by atoms with Crippen molar-refractivity contribution in [1.29, 1.82) is 0 Å². The van der Waals surface area contributed by atoms with Gasteiger partial charge in [0.15, 0.2) is 17.2 Å². The zero-order valence-electron chi connectivity index (χ0n) is 15.4. The van der Waals surface area contributed by atoms with Crippen LogP contribution in [0, 0.1) is 0 Å². The summed E-state index contributed by atoms with van der Waals surface area (Å²) in [6.07, 6.45) is -0.724. The Kier molecular flexibility index (Phi) is 4.84. The van der Waals surface area contributed by atoms with E-state index in [0.29, 0.717) is 17.2 Å². The molecule has 3 aromatic rings. The molecular formula is C20H19N3O5. The van der Waals surface area contributed by atoms with Crippen LogP contribution >= 0.6 is 0 Å². The van der Waals surface area contributed by atoms with Gasteiger partial charge in [0.1, 0.15) is 12.4 Å². The summed E-state index contributed by atoms with van der Waals surface area (Å²) in [5.41, 5.74) is 1.15. The first-order valence-electron chi connectivity index (χ1n) is 8.89. The van der Waals surface area contributed by atoms with Gasteiger partial charge in [0, 0.05) is 5.56 Å². The first kappa shape index (κ1) is 17.8. The SMILES string of the molecule is CC(C)Oc1ccc(-c2nonc2NC(=O)C2COc3ccccc3O2)cc1. The van der Waals surface area contributed by atoms with Crippen LogP contribution in [-0.2, 0) is 4.79 Å². The van der Waals surface area contributed by atoms with Crippen molar-refractivity contribution in [2.24, 2.45) is 0 Å². The van der Waals surface area contributed by atoms with Crippen LogP contribution in [0.15, 0.2) is 53.2 Å². The third kappa shape index (κ3) is 3.75. The fourth-order valence-electron chi connectivity index (χ4n) is 2.77. The summed E-state index contributed by atoms with van der Waals surface area (Å²) in [7, 11) is 0. The van der Waals surface area contributed by atoms with Crippen molar-refractivity contribution < 1.29 is 23.6 Å². The van der Waals surface area contributed by atoms with Crippen molar-refractivity contribution in [2.75, 3.05) is 11.9 Å². The summed E-state index contributed by atoms with van der Waals surface area (Å²) in [6.45, 7) is 4.02. The van der Waals surface area contributed by atoms with Crippen LogP contribution in [0.3, 0.4) is 0 Å². The Morgan fingerprint density at radius 3 is 2.61 bits per heavy atom. The number of nitrogens with one attached hydrogen (secondary N) is 1. The lowest BCUT2D eigenvalue weighted by molar-refractivity contribution is -0.125. The van der Waals surface area contributed by atoms with E-state index >= 15 is 0 Å². The molecule has 0 radical (unpaired) electrons. The number of fused-ring (bicyclic) bond motifs is 1. The average molecular weight is 381 g/mol. The van der Waals surface area contributed by atoms with Crippen molar-refractivity contribution in [3.05, 3.63) is 48.5 Å². The van der Waals surface area contributed by atoms with Gasteiger partial charge >= 0.3 is 0 Å². The summed E-state index contributed by atoms with van der Waals surface area (Å²) in [6, 6.07) is 14.5. The number of carbonyl (C=O) groups is 1. The fraction of sp³-hybridized carbons (Fsp3) is 0.250. The molecule has 8 heteroatoms. The van der Waals surface area contributed by atoms with E-state index in [1.807, 2.05) is 50.2 Å². The number of carbonyl (C=O) groups excluding carboxylic acids is 1. The first-order valence-corrected chi connectivity index (χ1v) is 8.89. The van der Waals surface area contributed by atoms with Gasteiger partial charge in [-0.3, -0.25) is 4.79 Å². The molecule has 144 valence electrons. The predicted octanol–water partition coefficient (Wildman–Crippen LogP) is 3.30. The standard InChI is InChI=1S/C20H19N3O5/c1-12(2)26-14-9-7-13(8-10-14)18-19(23-28-22-18)21-20(24)17-11-25-15-5-3-4-6-16(15)27-17/h3-10,12,17H,11H2,1-2H3,(H,21,23,24). The van der Waals surface area contributed by atoms with Crippen LogP contribution in [0.1, 0.15) is 13.8 Å². The molecule has 0 bridgehead atoms. The fourth-order valence-corrected chi connectivity index (χ4v) is 2.77. The Labute approximate surface area is 161 Å². The van der Waals surface area contributed by atoms with Crippen molar-refractivity contribution in [2.45, 2.75) is 26.1 Å². The van der Waals surface area contributed by atoms with E-state index in [9.17, 15) is 4.79 Å². The maximum Gasteiger partial charge on any atom is 0.270 e. The number of para-hydroxylation sites is 2. The Balaban J connectivity index is 1.47. The number of aromatic nitrogens is 2. The van der Waals surface area contributed by atoms with Crippen molar-refractivity contribution in [3.8, 4) is 28.5 Å². The lowest BCUT2D eigenvalue weighted by Crippen LogP contribution is -2.40. The molecule has 0 aliphatic carbocycles. The summed E-state index contributed by atoms with van der Waals surface area (Å²) >= 11 is 0. The summed E-state index contributed by atoms with van der Waals surface area (Å²) in [5, 5.41) is 10.4. The zero-order chi connectivity index (χ0) is 19.5. The molecule has 1 aliphatic heterocycles. The number of anilines is 1. The van der Waals surface area contributed by atoms with Gasteiger partial charge < -0.3 is 19.5 Å². The maximum absolute atomic E-state index is 12.6. The highest BCUT2D eigenvalue weighted by atomic mass is 16.6. The number of amides is 1. The Morgan fingerprint density at radius 2 is 1.86 bits per heavy atom. The summed E-state index contributed by atoms with van der Waals surface area (Å²) < 4.78 is 21.7. The minimum Gasteiger partial charge on any atom is -0.491 e. The number of benzene rings is 2. The van der Waals surface area contributed by atoms with Crippen molar-refractivity contribution in [3.63, 3.8) is 0 Å². The highest BCUT2D eigenvalue weighted by molar-refractivity contribution is 5.96. The molecule has 0 fully saturated rings. The quantitative estimate of drug-likeness (QED) is 0.724. The van der Waals surface area contributed by atoms with Crippen molar-refractivity contribution >= 4 is 11.7 Å². The molecule has 2 aromatic carbocycles. The van der Waals surface area contributed by atoms with E-state index in [4.69, 9.17) is 18.8 Å². The molecular weight excluding hydrogens is 362 g/mol. The van der Waals surface area contributed by atoms with Gasteiger partial charge in [-0.25, -0.2) is 4.63 Å². The van der Waals surface area contributed by atoms with E-state index in [0.717, 1.165) is 11.3 Å². The van der Waals surface area contributed by atoms with Gasteiger partial charge in [0.05, 0.1) is 6.10 Å². The van der Waals surface area contributed by atoms with Crippen LogP contribution in [-0.4, -0.2) is 35.0 Å². The highest BCUT2D eigenvalue weighted by Gasteiger charge is 2.29. The second-order valence-corrected chi connectivity index (χ2v) is 6.51. The van der Waals surface area contributed by atoms with Gasteiger partial charge in [0.25, 0.3) is 5.91 Å². The first-order chi connectivity index (χ1) is 13.6. The van der Waals surface area contributed by atoms with Crippen LogP contribution < -0.4 is 19.5 Å². The lowest BCUT2D eigenvalue weighted by atomic mass is 10.1. The number of rotatable bonds is 5. The summed E-state index contributed by atoms with van der Waals surface area (Å²) in [4.78, 5) is 12.6. The van der Waals surface area contributed by atoms with Crippen molar-refractivity contribution in [1.82, 2.24) is 10.3 Å². The largest absolute Gasteiger partial charge is 0.491 e. The van der Waals surface area contributed by atoms with Crippen LogP contribution in [0.2, 0.25) is 0 Å². The third-order valence-corrected chi connectivity index (χ3v) is 4.03. The van der Waals surface area contributed by atoms with Crippen LogP contribution in [0.4, 0.5) is 5.82 Å². The van der Waals surface area contributed by atoms with Gasteiger partial charge in [-0.1, -0.05) is 12.1 Å². The number of hydrogen-bond acceptors (Lipinski definition) is 7. The lowest BCUT2D eigenvalue weighted by Gasteiger charge is -2.25. The number of hydrogen-bond donors (Lipinski definition) is 1. The molecule has 1 aromatic heterocycles. The van der Waals surface area contributed by atoms with Gasteiger partial charge in [-0.05, 0) is 60.6 Å². The Morgan fingerprint density at radius 1 is 1.11 bits per heavy atom.